The molecule has 0 aliphatic rings. The van der Waals surface area contributed by atoms with E-state index in [4.69, 9.17) is 21.1 Å². The average Bonchev–Trinajstić information content (AvgIpc) is 3.03. The Kier molecular flexibility index (Phi) is 7.61. The molecule has 0 aliphatic carbocycles. The number of hydrogen-bond donors (Lipinski definition) is 2. The Balaban J connectivity index is 2.06. The van der Waals surface area contributed by atoms with Gasteiger partial charge in [0.05, 0.1) is 25.0 Å². The van der Waals surface area contributed by atoms with E-state index >= 15 is 0 Å². The van der Waals surface area contributed by atoms with Crippen LogP contribution in [-0.2, 0) is 14.8 Å². The lowest BCUT2D eigenvalue weighted by atomic mass is 10.2. The number of methoxy groups -OCH3 is 1. The lowest BCUT2D eigenvalue weighted by Crippen LogP contribution is -2.09. The molecule has 0 spiro atoms. The third-order valence-corrected chi connectivity index (χ3v) is 4.79. The quantitative estimate of drug-likeness (QED) is 0.568. The minimum atomic E-state index is -3.46. The number of carbonyl (C=O) groups is 1. The third kappa shape index (κ3) is 6.66. The van der Waals surface area contributed by atoms with Gasteiger partial charge in [-0.15, -0.1) is 10.2 Å². The number of nitrogens with zero attached hydrogens (tertiary/aromatic N) is 2. The molecule has 0 bridgehead atoms. The molecule has 0 fully saturated rings. The van der Waals surface area contributed by atoms with E-state index in [9.17, 15) is 13.2 Å². The number of ether oxygens (including phenoxy) is 2. The number of amides is 1. The van der Waals surface area contributed by atoms with Crippen LogP contribution >= 0.6 is 22.9 Å². The fraction of sp³-hybridized carbons (Fsp3) is 0.312. The number of nitrogens with one attached hydrogen (secondary N) is 2. The zero-order valence-corrected chi connectivity index (χ0v) is 17.7. The van der Waals surface area contributed by atoms with E-state index in [0.29, 0.717) is 28.7 Å². The molecule has 9 nitrogen and oxygen atoms in total. The van der Waals surface area contributed by atoms with Crippen LogP contribution < -0.4 is 19.5 Å². The lowest BCUT2D eigenvalue weighted by Gasteiger charge is -2.12. The Hall–Kier alpha value is -2.37. The van der Waals surface area contributed by atoms with E-state index in [2.05, 4.69) is 20.2 Å². The minimum Gasteiger partial charge on any atom is -0.493 e. The second-order valence-corrected chi connectivity index (χ2v) is 8.62. The van der Waals surface area contributed by atoms with E-state index in [1.807, 2.05) is 6.92 Å². The standard InChI is InChI=1S/C16H19ClN4O5S2/c1-4-7-26-14-11(17)8-10(9-12(14)25-2)5-6-13(22)18-15-19-20-16(27-15)21-28(3,23)24/h5-6,8-9H,4,7H2,1-3H3,(H,20,21)(H,18,19,22). The van der Waals surface area contributed by atoms with Crippen molar-refractivity contribution in [1.82, 2.24) is 10.2 Å². The molecule has 1 aromatic carbocycles. The number of rotatable bonds is 9. The molecule has 1 aromatic heterocycles. The SMILES string of the molecule is CCCOc1c(Cl)cc(C=CC(=O)Nc2nnc(NS(C)(=O)=O)s2)cc1OC. The van der Waals surface area contributed by atoms with Gasteiger partial charge in [0.2, 0.25) is 26.2 Å². The zero-order valence-electron chi connectivity index (χ0n) is 15.4. The minimum absolute atomic E-state index is 0.0564. The van der Waals surface area contributed by atoms with Gasteiger partial charge in [0.25, 0.3) is 0 Å². The highest BCUT2D eigenvalue weighted by Gasteiger charge is 2.12. The second-order valence-electron chi connectivity index (χ2n) is 5.49. The van der Waals surface area contributed by atoms with Crippen molar-refractivity contribution in [2.75, 3.05) is 30.0 Å². The first kappa shape index (κ1) is 21.9. The Morgan fingerprint density at radius 2 is 2.04 bits per heavy atom. The molecule has 152 valence electrons. The van der Waals surface area contributed by atoms with Gasteiger partial charge >= 0.3 is 0 Å². The number of benzene rings is 1. The van der Waals surface area contributed by atoms with Crippen molar-refractivity contribution in [3.05, 3.63) is 28.8 Å². The van der Waals surface area contributed by atoms with Gasteiger partial charge in [-0.2, -0.15) is 0 Å². The molecule has 1 heterocycles. The summed E-state index contributed by atoms with van der Waals surface area (Å²) in [4.78, 5) is 12.0. The predicted octanol–water partition coefficient (Wildman–Crippen LogP) is 3.01. The molecule has 0 radical (unpaired) electrons. The van der Waals surface area contributed by atoms with Crippen LogP contribution in [0.2, 0.25) is 5.02 Å². The first-order chi connectivity index (χ1) is 13.2. The maximum absolute atomic E-state index is 12.0. The highest BCUT2D eigenvalue weighted by molar-refractivity contribution is 7.92. The van der Waals surface area contributed by atoms with Gasteiger partial charge in [0.15, 0.2) is 11.5 Å². The Labute approximate surface area is 171 Å². The van der Waals surface area contributed by atoms with Gasteiger partial charge in [-0.05, 0) is 30.2 Å². The molecule has 12 heteroatoms. The number of halogens is 1. The Morgan fingerprint density at radius 3 is 2.68 bits per heavy atom. The van der Waals surface area contributed by atoms with Crippen molar-refractivity contribution < 1.29 is 22.7 Å². The molecular weight excluding hydrogens is 428 g/mol. The van der Waals surface area contributed by atoms with Gasteiger partial charge in [-0.3, -0.25) is 14.8 Å². The maximum atomic E-state index is 12.0. The van der Waals surface area contributed by atoms with Gasteiger partial charge in [0, 0.05) is 6.08 Å². The van der Waals surface area contributed by atoms with Crippen LogP contribution in [0.1, 0.15) is 18.9 Å². The van der Waals surface area contributed by atoms with Crippen molar-refractivity contribution in [1.29, 1.82) is 0 Å². The van der Waals surface area contributed by atoms with Crippen molar-refractivity contribution in [2.45, 2.75) is 13.3 Å². The summed E-state index contributed by atoms with van der Waals surface area (Å²) >= 11 is 7.13. The van der Waals surface area contributed by atoms with Crippen LogP contribution in [0, 0.1) is 0 Å². The van der Waals surface area contributed by atoms with Crippen LogP contribution in [0.4, 0.5) is 10.3 Å². The predicted molar refractivity (Wildman–Crippen MR) is 110 cm³/mol. The first-order valence-corrected chi connectivity index (χ1v) is 11.1. The Bertz CT molecular complexity index is 975. The number of anilines is 2. The highest BCUT2D eigenvalue weighted by atomic mass is 35.5. The molecule has 0 saturated heterocycles. The Morgan fingerprint density at radius 1 is 1.32 bits per heavy atom. The van der Waals surface area contributed by atoms with E-state index in [-0.39, 0.29) is 10.3 Å². The van der Waals surface area contributed by atoms with Crippen LogP contribution in [0.25, 0.3) is 6.08 Å². The highest BCUT2D eigenvalue weighted by Crippen LogP contribution is 2.36. The summed E-state index contributed by atoms with van der Waals surface area (Å²) in [5.74, 6) is 0.442. The molecular formula is C16H19ClN4O5S2. The fourth-order valence-corrected chi connectivity index (χ4v) is 3.72. The average molecular weight is 447 g/mol. The van der Waals surface area contributed by atoms with E-state index < -0.39 is 15.9 Å². The lowest BCUT2D eigenvalue weighted by molar-refractivity contribution is -0.111. The summed E-state index contributed by atoms with van der Waals surface area (Å²) in [5, 5.41) is 10.4. The van der Waals surface area contributed by atoms with E-state index in [0.717, 1.165) is 24.0 Å². The molecule has 28 heavy (non-hydrogen) atoms. The molecule has 0 aliphatic heterocycles. The van der Waals surface area contributed by atoms with Gasteiger partial charge in [-0.25, -0.2) is 8.42 Å². The monoisotopic (exact) mass is 446 g/mol. The van der Waals surface area contributed by atoms with Crippen LogP contribution in [0.5, 0.6) is 11.5 Å². The number of sulfonamides is 1. The molecule has 2 rings (SSSR count). The van der Waals surface area contributed by atoms with Crippen molar-refractivity contribution >= 4 is 55.2 Å². The largest absolute Gasteiger partial charge is 0.493 e. The van der Waals surface area contributed by atoms with Gasteiger partial charge in [-0.1, -0.05) is 29.9 Å². The molecule has 2 aromatic rings. The summed E-state index contributed by atoms with van der Waals surface area (Å²) in [6.07, 6.45) is 4.65. The van der Waals surface area contributed by atoms with Crippen molar-refractivity contribution in [3.63, 3.8) is 0 Å². The molecule has 1 amide bonds. The topological polar surface area (TPSA) is 120 Å². The normalized spacial score (nSPS) is 11.4. The van der Waals surface area contributed by atoms with Crippen LogP contribution in [0.15, 0.2) is 18.2 Å². The second kappa shape index (κ2) is 9.71. The third-order valence-electron chi connectivity index (χ3n) is 3.06. The van der Waals surface area contributed by atoms with Crippen LogP contribution in [-0.4, -0.2) is 44.5 Å². The summed E-state index contributed by atoms with van der Waals surface area (Å²) in [5.41, 5.74) is 0.637. The summed E-state index contributed by atoms with van der Waals surface area (Å²) in [7, 11) is -1.96. The maximum Gasteiger partial charge on any atom is 0.250 e. The van der Waals surface area contributed by atoms with Crippen molar-refractivity contribution in [2.24, 2.45) is 0 Å². The molecule has 0 unspecified atom stereocenters. The zero-order chi connectivity index (χ0) is 20.7. The smallest absolute Gasteiger partial charge is 0.250 e. The van der Waals surface area contributed by atoms with Crippen LogP contribution in [0.3, 0.4) is 0 Å². The summed E-state index contributed by atoms with van der Waals surface area (Å²) in [6, 6.07) is 3.34. The molecule has 0 atom stereocenters. The molecule has 0 saturated carbocycles. The number of hydrogen-bond acceptors (Lipinski definition) is 8. The molecule has 2 N–H and O–H groups in total. The van der Waals surface area contributed by atoms with Gasteiger partial charge in [0.1, 0.15) is 0 Å². The summed E-state index contributed by atoms with van der Waals surface area (Å²) in [6.45, 7) is 2.49. The first-order valence-electron chi connectivity index (χ1n) is 8.02. The van der Waals surface area contributed by atoms with Crippen molar-refractivity contribution in [3.8, 4) is 11.5 Å². The van der Waals surface area contributed by atoms with Gasteiger partial charge < -0.3 is 9.47 Å². The van der Waals surface area contributed by atoms with E-state index in [1.54, 1.807) is 18.2 Å². The van der Waals surface area contributed by atoms with E-state index in [1.165, 1.54) is 13.2 Å². The number of aromatic nitrogens is 2. The fourth-order valence-electron chi connectivity index (χ4n) is 1.97. The number of carbonyl (C=O) groups excluding carboxylic acids is 1. The summed E-state index contributed by atoms with van der Waals surface area (Å²) < 4.78 is 35.4.